The van der Waals surface area contributed by atoms with Gasteiger partial charge in [-0.25, -0.2) is 5.43 Å². The molecule has 7 heteroatoms. The van der Waals surface area contributed by atoms with E-state index < -0.39 is 6.04 Å². The van der Waals surface area contributed by atoms with Crippen molar-refractivity contribution in [1.82, 2.24) is 15.3 Å². The average molecular weight is 380 g/mol. The molecular formula is C21H24N4O3. The van der Waals surface area contributed by atoms with Gasteiger partial charge in [-0.15, -0.1) is 6.58 Å². The molecule has 1 aliphatic rings. The molecule has 28 heavy (non-hydrogen) atoms. The number of hydrogen-bond acceptors (Lipinski definition) is 6. The minimum Gasteiger partial charge on any atom is -0.507 e. The number of para-hydroxylation sites is 1. The number of nitrogens with zero attached hydrogens (tertiary/aromatic N) is 3. The Bertz CT molecular complexity index is 833. The third-order valence-corrected chi connectivity index (χ3v) is 4.57. The van der Waals surface area contributed by atoms with E-state index in [1.807, 2.05) is 24.3 Å². The van der Waals surface area contributed by atoms with E-state index in [1.165, 1.54) is 6.21 Å². The van der Waals surface area contributed by atoms with Crippen molar-refractivity contribution in [1.29, 1.82) is 0 Å². The van der Waals surface area contributed by atoms with E-state index >= 15 is 0 Å². The van der Waals surface area contributed by atoms with Crippen LogP contribution < -0.4 is 5.43 Å². The van der Waals surface area contributed by atoms with Crippen molar-refractivity contribution >= 4 is 12.1 Å². The van der Waals surface area contributed by atoms with Crippen molar-refractivity contribution in [2.24, 2.45) is 5.10 Å². The molecule has 146 valence electrons. The number of aromatic hydroxyl groups is 1. The predicted molar refractivity (Wildman–Crippen MR) is 107 cm³/mol. The number of carbonyl (C=O) groups is 1. The molecule has 1 unspecified atom stereocenters. The maximum Gasteiger partial charge on any atom is 0.262 e. The Morgan fingerprint density at radius 1 is 1.32 bits per heavy atom. The molecule has 1 aromatic heterocycles. The summed E-state index contributed by atoms with van der Waals surface area (Å²) in [4.78, 5) is 19.0. The maximum atomic E-state index is 12.9. The number of allylic oxidation sites excluding steroid dienone is 1. The van der Waals surface area contributed by atoms with Crippen molar-refractivity contribution in [2.45, 2.75) is 12.5 Å². The Morgan fingerprint density at radius 3 is 2.79 bits per heavy atom. The fourth-order valence-corrected chi connectivity index (χ4v) is 3.17. The van der Waals surface area contributed by atoms with E-state index in [2.05, 4.69) is 27.0 Å². The molecule has 3 rings (SSSR count). The summed E-state index contributed by atoms with van der Waals surface area (Å²) in [5.74, 6) is -0.106. The van der Waals surface area contributed by atoms with Gasteiger partial charge in [-0.3, -0.25) is 14.7 Å². The van der Waals surface area contributed by atoms with Gasteiger partial charge in [-0.2, -0.15) is 5.10 Å². The van der Waals surface area contributed by atoms with Crippen molar-refractivity contribution in [2.75, 3.05) is 26.3 Å². The molecule has 2 N–H and O–H groups in total. The second-order valence-electron chi connectivity index (χ2n) is 6.41. The number of morpholine rings is 1. The zero-order valence-electron chi connectivity index (χ0n) is 15.6. The Balaban J connectivity index is 1.74. The molecule has 1 atom stereocenters. The fourth-order valence-electron chi connectivity index (χ4n) is 3.17. The van der Waals surface area contributed by atoms with Crippen LogP contribution in [-0.4, -0.2) is 53.4 Å². The van der Waals surface area contributed by atoms with Crippen LogP contribution >= 0.6 is 0 Å². The van der Waals surface area contributed by atoms with Crippen LogP contribution in [0.2, 0.25) is 0 Å². The lowest BCUT2D eigenvalue weighted by atomic mass is 10.1. The second kappa shape index (κ2) is 9.77. The molecule has 0 spiro atoms. The number of benzene rings is 1. The van der Waals surface area contributed by atoms with E-state index in [1.54, 1.807) is 24.5 Å². The van der Waals surface area contributed by atoms with Gasteiger partial charge in [0.1, 0.15) is 11.8 Å². The number of ether oxygens (including phenoxy) is 1. The van der Waals surface area contributed by atoms with Crippen LogP contribution in [0.5, 0.6) is 5.75 Å². The molecule has 1 saturated heterocycles. The van der Waals surface area contributed by atoms with Crippen LogP contribution in [0.15, 0.2) is 60.5 Å². The molecule has 1 fully saturated rings. The summed E-state index contributed by atoms with van der Waals surface area (Å²) < 4.78 is 5.40. The summed E-state index contributed by atoms with van der Waals surface area (Å²) in [5.41, 5.74) is 4.74. The first-order valence-corrected chi connectivity index (χ1v) is 9.17. The van der Waals surface area contributed by atoms with E-state index in [4.69, 9.17) is 4.74 Å². The molecule has 2 heterocycles. The third-order valence-electron chi connectivity index (χ3n) is 4.57. The Hall–Kier alpha value is -3.03. The van der Waals surface area contributed by atoms with E-state index in [0.717, 1.165) is 11.1 Å². The minimum atomic E-state index is -0.482. The number of phenolic OH excluding ortho intramolecular Hbond substituents is 1. The molecule has 1 aromatic carbocycles. The number of nitrogens with one attached hydrogen (secondary N) is 1. The highest BCUT2D eigenvalue weighted by atomic mass is 16.5. The first kappa shape index (κ1) is 19.7. The van der Waals surface area contributed by atoms with Gasteiger partial charge in [0, 0.05) is 31.0 Å². The molecule has 0 aliphatic carbocycles. The zero-order chi connectivity index (χ0) is 19.8. The average Bonchev–Trinajstić information content (AvgIpc) is 2.73. The van der Waals surface area contributed by atoms with Gasteiger partial charge < -0.3 is 9.84 Å². The summed E-state index contributed by atoms with van der Waals surface area (Å²) in [6, 6.07) is 8.56. The number of rotatable bonds is 7. The molecule has 1 aliphatic heterocycles. The molecule has 0 bridgehead atoms. The highest BCUT2D eigenvalue weighted by Crippen LogP contribution is 2.23. The van der Waals surface area contributed by atoms with Crippen LogP contribution in [0.3, 0.4) is 0 Å². The van der Waals surface area contributed by atoms with Crippen molar-refractivity contribution in [3.05, 3.63) is 72.1 Å². The highest BCUT2D eigenvalue weighted by molar-refractivity contribution is 5.87. The maximum absolute atomic E-state index is 12.9. The fraction of sp³-hybridized carbons (Fsp3) is 0.286. The summed E-state index contributed by atoms with van der Waals surface area (Å²) >= 11 is 0. The Kier molecular flexibility index (Phi) is 6.89. The number of pyridine rings is 1. The molecular weight excluding hydrogens is 356 g/mol. The predicted octanol–water partition coefficient (Wildman–Crippen LogP) is 2.04. The van der Waals surface area contributed by atoms with Gasteiger partial charge >= 0.3 is 0 Å². The molecule has 0 radical (unpaired) electrons. The zero-order valence-corrected chi connectivity index (χ0v) is 15.6. The quantitative estimate of drug-likeness (QED) is 0.436. The first-order chi connectivity index (χ1) is 13.7. The van der Waals surface area contributed by atoms with Crippen molar-refractivity contribution < 1.29 is 14.6 Å². The molecule has 7 nitrogen and oxygen atoms in total. The van der Waals surface area contributed by atoms with Crippen LogP contribution in [0.4, 0.5) is 0 Å². The normalized spacial score (nSPS) is 16.0. The molecule has 0 saturated carbocycles. The smallest absolute Gasteiger partial charge is 0.262 e. The SMILES string of the molecule is C=CCc1cccc(C=NNC(=O)C(c2ccncc2)N2CCOCC2)c1O. The number of aromatic nitrogens is 1. The lowest BCUT2D eigenvalue weighted by molar-refractivity contribution is -0.128. The highest BCUT2D eigenvalue weighted by Gasteiger charge is 2.28. The Labute approximate surface area is 164 Å². The van der Waals surface area contributed by atoms with Gasteiger partial charge in [-0.1, -0.05) is 18.2 Å². The number of hydrazone groups is 1. The lowest BCUT2D eigenvalue weighted by Crippen LogP contribution is -2.44. The van der Waals surface area contributed by atoms with Crippen molar-refractivity contribution in [3.8, 4) is 5.75 Å². The number of amides is 1. The molecule has 2 aromatic rings. The number of carbonyl (C=O) groups excluding carboxylic acids is 1. The summed E-state index contributed by atoms with van der Waals surface area (Å²) in [6.45, 7) is 6.18. The largest absolute Gasteiger partial charge is 0.507 e. The lowest BCUT2D eigenvalue weighted by Gasteiger charge is -2.33. The van der Waals surface area contributed by atoms with E-state index in [9.17, 15) is 9.90 Å². The summed E-state index contributed by atoms with van der Waals surface area (Å²) in [7, 11) is 0. The van der Waals surface area contributed by atoms with Gasteiger partial charge in [-0.05, 0) is 35.7 Å². The third kappa shape index (κ3) is 4.82. The van der Waals surface area contributed by atoms with Gasteiger partial charge in [0.15, 0.2) is 0 Å². The second-order valence-corrected chi connectivity index (χ2v) is 6.41. The summed E-state index contributed by atoms with van der Waals surface area (Å²) in [6.07, 6.45) is 7.06. The van der Waals surface area contributed by atoms with Crippen LogP contribution in [0.25, 0.3) is 0 Å². The monoisotopic (exact) mass is 380 g/mol. The van der Waals surface area contributed by atoms with Crippen molar-refractivity contribution in [3.63, 3.8) is 0 Å². The summed E-state index contributed by atoms with van der Waals surface area (Å²) in [5, 5.41) is 14.4. The number of hydrogen-bond donors (Lipinski definition) is 2. The Morgan fingerprint density at radius 2 is 2.07 bits per heavy atom. The number of phenols is 1. The van der Waals surface area contributed by atoms with Crippen LogP contribution in [0, 0.1) is 0 Å². The minimum absolute atomic E-state index is 0.138. The first-order valence-electron chi connectivity index (χ1n) is 9.17. The van der Waals surface area contributed by atoms with Crippen LogP contribution in [0.1, 0.15) is 22.7 Å². The van der Waals surface area contributed by atoms with E-state index in [-0.39, 0.29) is 11.7 Å². The van der Waals surface area contributed by atoms with Gasteiger partial charge in [0.05, 0.1) is 19.4 Å². The van der Waals surface area contributed by atoms with E-state index in [0.29, 0.717) is 38.3 Å². The standard InChI is InChI=1S/C21H24N4O3/c1-2-4-17-5-3-6-18(20(17)26)15-23-24-21(27)19(16-7-9-22-10-8-16)25-11-13-28-14-12-25/h2-3,5-10,15,19,26H,1,4,11-14H2,(H,24,27). The van der Waals surface area contributed by atoms with Crippen LogP contribution in [-0.2, 0) is 16.0 Å². The topological polar surface area (TPSA) is 87.1 Å². The van der Waals surface area contributed by atoms with Gasteiger partial charge in [0.25, 0.3) is 5.91 Å². The molecule has 1 amide bonds. The van der Waals surface area contributed by atoms with Gasteiger partial charge in [0.2, 0.25) is 0 Å².